The van der Waals surface area contributed by atoms with E-state index in [1.54, 1.807) is 12.1 Å². The zero-order valence-electron chi connectivity index (χ0n) is 19.3. The number of carbonyl (C=O) groups is 1. The van der Waals surface area contributed by atoms with Crippen LogP contribution in [0.5, 0.6) is 0 Å². The summed E-state index contributed by atoms with van der Waals surface area (Å²) in [6.07, 6.45) is -9.63. The molecule has 0 N–H and O–H groups in total. The molecule has 4 aromatic rings. The molecule has 0 spiro atoms. The predicted molar refractivity (Wildman–Crippen MR) is 128 cm³/mol. The number of nitrogens with zero attached hydrogens (tertiary/aromatic N) is 3. The van der Waals surface area contributed by atoms with E-state index in [0.29, 0.717) is 15.3 Å². The maximum Gasteiger partial charge on any atom is 0.420 e. The molecule has 0 radical (unpaired) electrons. The number of halogens is 6. The SMILES string of the molecule is CS(=O)(=O)c1cccc(-c2ccc(-c3cc(C(=O)CCC(F)(F)F)nn3-c3ncccc3C(F)(F)F)s2)c1. The highest BCUT2D eigenvalue weighted by Crippen LogP contribution is 2.39. The maximum absolute atomic E-state index is 13.7. The van der Waals surface area contributed by atoms with Crippen LogP contribution in [0.2, 0.25) is 0 Å². The molecule has 0 unspecified atom stereocenters. The van der Waals surface area contributed by atoms with E-state index in [2.05, 4.69) is 10.1 Å². The molecule has 38 heavy (non-hydrogen) atoms. The van der Waals surface area contributed by atoms with Gasteiger partial charge < -0.3 is 0 Å². The van der Waals surface area contributed by atoms with Gasteiger partial charge in [0.05, 0.1) is 21.9 Å². The van der Waals surface area contributed by atoms with Gasteiger partial charge in [-0.2, -0.15) is 31.4 Å². The Balaban J connectivity index is 1.83. The molecule has 14 heteroatoms. The van der Waals surface area contributed by atoms with Gasteiger partial charge in [0.25, 0.3) is 0 Å². The van der Waals surface area contributed by atoms with Gasteiger partial charge in [0, 0.05) is 23.8 Å². The number of pyridine rings is 1. The second-order valence-electron chi connectivity index (χ2n) is 8.20. The number of hydrogen-bond acceptors (Lipinski definition) is 6. The first-order valence-corrected chi connectivity index (χ1v) is 13.5. The number of hydrogen-bond donors (Lipinski definition) is 0. The first kappa shape index (κ1) is 27.5. The molecule has 1 aromatic carbocycles. The highest BCUT2D eigenvalue weighted by Gasteiger charge is 2.36. The first-order valence-electron chi connectivity index (χ1n) is 10.8. The predicted octanol–water partition coefficient (Wildman–Crippen LogP) is 6.61. The van der Waals surface area contributed by atoms with Crippen LogP contribution < -0.4 is 0 Å². The van der Waals surface area contributed by atoms with E-state index in [0.717, 1.165) is 46.7 Å². The van der Waals surface area contributed by atoms with Gasteiger partial charge in [-0.05, 0) is 48.0 Å². The van der Waals surface area contributed by atoms with Crippen LogP contribution >= 0.6 is 11.3 Å². The fourth-order valence-corrected chi connectivity index (χ4v) is 5.21. The van der Waals surface area contributed by atoms with E-state index in [-0.39, 0.29) is 10.6 Å². The Hall–Kier alpha value is -3.52. The number of Topliss-reactive ketones (excluding diaryl/α,β-unsaturated/α-hetero) is 1. The van der Waals surface area contributed by atoms with Crippen molar-refractivity contribution in [3.05, 3.63) is 72.1 Å². The lowest BCUT2D eigenvalue weighted by Crippen LogP contribution is -2.14. The second kappa shape index (κ2) is 9.98. The van der Waals surface area contributed by atoms with Crippen LogP contribution in [-0.4, -0.2) is 41.4 Å². The molecular weight excluding hydrogens is 556 g/mol. The number of alkyl halides is 6. The Morgan fingerprint density at radius 1 is 0.974 bits per heavy atom. The third kappa shape index (κ3) is 6.13. The van der Waals surface area contributed by atoms with Crippen LogP contribution in [0.15, 0.2) is 65.7 Å². The van der Waals surface area contributed by atoms with Crippen LogP contribution in [0.3, 0.4) is 0 Å². The number of ketones is 1. The molecule has 0 saturated carbocycles. The van der Waals surface area contributed by atoms with E-state index in [1.165, 1.54) is 24.3 Å². The summed E-state index contributed by atoms with van der Waals surface area (Å²) in [4.78, 5) is 17.2. The zero-order valence-corrected chi connectivity index (χ0v) is 21.0. The van der Waals surface area contributed by atoms with Gasteiger partial charge >= 0.3 is 12.4 Å². The summed E-state index contributed by atoms with van der Waals surface area (Å²) in [5.74, 6) is -1.65. The normalized spacial score (nSPS) is 12.6. The fraction of sp³-hybridized carbons (Fsp3) is 0.208. The fourth-order valence-electron chi connectivity index (χ4n) is 3.54. The average Bonchev–Trinajstić information content (AvgIpc) is 3.49. The summed E-state index contributed by atoms with van der Waals surface area (Å²) in [5, 5.41) is 3.92. The molecule has 0 aliphatic carbocycles. The number of benzene rings is 1. The van der Waals surface area contributed by atoms with Crippen molar-refractivity contribution >= 4 is 27.0 Å². The van der Waals surface area contributed by atoms with Crippen LogP contribution in [0.1, 0.15) is 28.9 Å². The molecule has 3 heterocycles. The van der Waals surface area contributed by atoms with Crippen molar-refractivity contribution in [2.75, 3.05) is 6.26 Å². The Labute approximate surface area is 216 Å². The topological polar surface area (TPSA) is 81.9 Å². The van der Waals surface area contributed by atoms with E-state index in [1.807, 2.05) is 0 Å². The van der Waals surface area contributed by atoms with E-state index in [9.17, 15) is 39.6 Å². The Bertz CT molecular complexity index is 1600. The van der Waals surface area contributed by atoms with Crippen molar-refractivity contribution in [2.45, 2.75) is 30.1 Å². The van der Waals surface area contributed by atoms with Gasteiger partial charge in [-0.1, -0.05) is 12.1 Å². The van der Waals surface area contributed by atoms with Crippen LogP contribution in [-0.2, 0) is 16.0 Å². The quantitative estimate of drug-likeness (QED) is 0.184. The number of sulfone groups is 1. The second-order valence-corrected chi connectivity index (χ2v) is 11.3. The van der Waals surface area contributed by atoms with Crippen molar-refractivity contribution in [3.63, 3.8) is 0 Å². The lowest BCUT2D eigenvalue weighted by atomic mass is 10.1. The Morgan fingerprint density at radius 3 is 2.34 bits per heavy atom. The molecular formula is C24H17F6N3O3S2. The third-order valence-electron chi connectivity index (χ3n) is 5.33. The number of carbonyl (C=O) groups excluding carboxylic acids is 1. The van der Waals surface area contributed by atoms with Crippen molar-refractivity contribution in [2.24, 2.45) is 0 Å². The van der Waals surface area contributed by atoms with Crippen molar-refractivity contribution in [3.8, 4) is 26.8 Å². The molecule has 0 aliphatic heterocycles. The van der Waals surface area contributed by atoms with Crippen molar-refractivity contribution in [1.29, 1.82) is 0 Å². The monoisotopic (exact) mass is 573 g/mol. The van der Waals surface area contributed by atoms with Gasteiger partial charge in [-0.15, -0.1) is 11.3 Å². The average molecular weight is 574 g/mol. The molecule has 0 saturated heterocycles. The number of thiophene rings is 1. The minimum Gasteiger partial charge on any atom is -0.292 e. The molecule has 4 rings (SSSR count). The summed E-state index contributed by atoms with van der Waals surface area (Å²) in [6.45, 7) is 0. The molecule has 3 aromatic heterocycles. The summed E-state index contributed by atoms with van der Waals surface area (Å²) >= 11 is 1.07. The minimum absolute atomic E-state index is 0.0000707. The van der Waals surface area contributed by atoms with Gasteiger partial charge in [-0.3, -0.25) is 4.79 Å². The first-order chi connectivity index (χ1) is 17.6. The van der Waals surface area contributed by atoms with E-state index >= 15 is 0 Å². The van der Waals surface area contributed by atoms with Gasteiger partial charge in [0.2, 0.25) is 0 Å². The molecule has 0 amide bonds. The lowest BCUT2D eigenvalue weighted by molar-refractivity contribution is -0.138. The maximum atomic E-state index is 13.7. The van der Waals surface area contributed by atoms with Crippen molar-refractivity contribution < 1.29 is 39.6 Å². The van der Waals surface area contributed by atoms with Gasteiger partial charge in [0.1, 0.15) is 11.3 Å². The summed E-state index contributed by atoms with van der Waals surface area (Å²) < 4.78 is 104. The van der Waals surface area contributed by atoms with Gasteiger partial charge in [-0.25, -0.2) is 18.1 Å². The number of rotatable bonds is 7. The van der Waals surface area contributed by atoms with E-state index in [4.69, 9.17) is 0 Å². The minimum atomic E-state index is -4.83. The standard InChI is InChI=1S/C24H17F6N3O3S2/c1-38(35,36)15-5-2-4-14(12-15)20-7-8-21(37-20)18-13-17(19(34)9-10-23(25,26)27)32-33(18)22-16(24(28,29)30)6-3-11-31-22/h2-8,11-13H,9-10H2,1H3. The third-order valence-corrected chi connectivity index (χ3v) is 7.60. The molecule has 0 fully saturated rings. The molecule has 6 nitrogen and oxygen atoms in total. The lowest BCUT2D eigenvalue weighted by Gasteiger charge is -2.13. The van der Waals surface area contributed by atoms with Crippen LogP contribution in [0, 0.1) is 0 Å². The number of aromatic nitrogens is 3. The summed E-state index contributed by atoms with van der Waals surface area (Å²) in [7, 11) is -3.50. The van der Waals surface area contributed by atoms with Gasteiger partial charge in [0.15, 0.2) is 21.4 Å². The Morgan fingerprint density at radius 2 is 1.68 bits per heavy atom. The Kier molecular flexibility index (Phi) is 7.23. The molecule has 200 valence electrons. The van der Waals surface area contributed by atoms with Crippen molar-refractivity contribution in [1.82, 2.24) is 14.8 Å². The zero-order chi connectivity index (χ0) is 27.9. The summed E-state index contributed by atoms with van der Waals surface area (Å²) in [5.41, 5.74) is -1.08. The van der Waals surface area contributed by atoms with Crippen LogP contribution in [0.25, 0.3) is 26.8 Å². The smallest absolute Gasteiger partial charge is 0.292 e. The molecule has 0 atom stereocenters. The summed E-state index contributed by atoms with van der Waals surface area (Å²) in [6, 6.07) is 12.1. The highest BCUT2D eigenvalue weighted by atomic mass is 32.2. The largest absolute Gasteiger partial charge is 0.420 e. The van der Waals surface area contributed by atoms with E-state index < -0.39 is 57.9 Å². The van der Waals surface area contributed by atoms with Crippen LogP contribution in [0.4, 0.5) is 26.3 Å². The highest BCUT2D eigenvalue weighted by molar-refractivity contribution is 7.90. The molecule has 0 aliphatic rings. The molecule has 0 bridgehead atoms.